The highest BCUT2D eigenvalue weighted by molar-refractivity contribution is 6.31. The van der Waals surface area contributed by atoms with Gasteiger partial charge in [-0.3, -0.25) is 4.79 Å². The van der Waals surface area contributed by atoms with Crippen molar-refractivity contribution in [3.05, 3.63) is 33.8 Å². The van der Waals surface area contributed by atoms with Gasteiger partial charge in [-0.2, -0.15) is 0 Å². The summed E-state index contributed by atoms with van der Waals surface area (Å²) >= 11 is 6.21. The summed E-state index contributed by atoms with van der Waals surface area (Å²) in [5.74, 6) is -0.702. The third-order valence-corrected chi connectivity index (χ3v) is 4.51. The maximum absolute atomic E-state index is 11.8. The number of carboxylic acid groups (broad SMARTS) is 1. The van der Waals surface area contributed by atoms with E-state index in [1.807, 2.05) is 26.0 Å². The topological polar surface area (TPSA) is 37.3 Å². The number of carbonyl (C=O) groups is 1. The van der Waals surface area contributed by atoms with Crippen molar-refractivity contribution < 1.29 is 9.90 Å². The Labute approximate surface area is 113 Å². The largest absolute Gasteiger partial charge is 0.481 e. The number of halogens is 1. The molecular weight excluding hydrogens is 248 g/mol. The van der Waals surface area contributed by atoms with E-state index in [-0.39, 0.29) is 0 Å². The van der Waals surface area contributed by atoms with Crippen molar-refractivity contribution in [3.63, 3.8) is 0 Å². The van der Waals surface area contributed by atoms with Gasteiger partial charge in [0, 0.05) is 5.02 Å². The SMILES string of the molecule is Cc1cc(Cl)c(C)c(C2(C(=O)O)CCCCC2)c1. The second-order valence-electron chi connectivity index (χ2n) is 5.37. The molecule has 2 rings (SSSR count). The molecule has 1 aromatic carbocycles. The Balaban J connectivity index is 2.59. The summed E-state index contributed by atoms with van der Waals surface area (Å²) in [4.78, 5) is 11.8. The minimum absolute atomic E-state index is 0.677. The number of aryl methyl sites for hydroxylation is 1. The molecule has 1 aliphatic carbocycles. The monoisotopic (exact) mass is 266 g/mol. The number of benzene rings is 1. The van der Waals surface area contributed by atoms with Crippen LogP contribution in [0.4, 0.5) is 0 Å². The fourth-order valence-corrected chi connectivity index (χ4v) is 3.34. The van der Waals surface area contributed by atoms with E-state index in [4.69, 9.17) is 11.6 Å². The van der Waals surface area contributed by atoms with Crippen molar-refractivity contribution in [1.82, 2.24) is 0 Å². The summed E-state index contributed by atoms with van der Waals surface area (Å²) in [6.45, 7) is 3.89. The van der Waals surface area contributed by atoms with Gasteiger partial charge in [0.25, 0.3) is 0 Å². The molecule has 98 valence electrons. The third-order valence-electron chi connectivity index (χ3n) is 4.12. The Morgan fingerprint density at radius 3 is 2.39 bits per heavy atom. The Morgan fingerprint density at radius 1 is 1.22 bits per heavy atom. The third kappa shape index (κ3) is 2.14. The van der Waals surface area contributed by atoms with Crippen LogP contribution in [0, 0.1) is 13.8 Å². The molecular formula is C15H19ClO2. The number of hydrogen-bond acceptors (Lipinski definition) is 1. The first-order chi connectivity index (χ1) is 8.47. The lowest BCUT2D eigenvalue weighted by Gasteiger charge is -2.35. The van der Waals surface area contributed by atoms with Gasteiger partial charge in [0.2, 0.25) is 0 Å². The van der Waals surface area contributed by atoms with E-state index < -0.39 is 11.4 Å². The van der Waals surface area contributed by atoms with Crippen LogP contribution < -0.4 is 0 Å². The molecule has 18 heavy (non-hydrogen) atoms. The number of rotatable bonds is 2. The average molecular weight is 267 g/mol. The minimum atomic E-state index is -0.724. The summed E-state index contributed by atoms with van der Waals surface area (Å²) in [5, 5.41) is 10.4. The van der Waals surface area contributed by atoms with Crippen LogP contribution >= 0.6 is 11.6 Å². The van der Waals surface area contributed by atoms with E-state index in [9.17, 15) is 9.90 Å². The molecule has 0 unspecified atom stereocenters. The first-order valence-electron chi connectivity index (χ1n) is 6.48. The molecule has 2 nitrogen and oxygen atoms in total. The average Bonchev–Trinajstić information content (AvgIpc) is 2.34. The maximum atomic E-state index is 11.8. The Bertz CT molecular complexity index is 474. The summed E-state index contributed by atoms with van der Waals surface area (Å²) < 4.78 is 0. The van der Waals surface area contributed by atoms with Gasteiger partial charge in [-0.25, -0.2) is 0 Å². The molecule has 0 radical (unpaired) electrons. The van der Waals surface area contributed by atoms with E-state index in [0.29, 0.717) is 5.02 Å². The molecule has 0 saturated heterocycles. The van der Waals surface area contributed by atoms with Gasteiger partial charge in [0.1, 0.15) is 0 Å². The summed E-state index contributed by atoms with van der Waals surface area (Å²) in [7, 11) is 0. The predicted molar refractivity (Wildman–Crippen MR) is 73.3 cm³/mol. The number of hydrogen-bond donors (Lipinski definition) is 1. The molecule has 0 heterocycles. The van der Waals surface area contributed by atoms with E-state index in [1.54, 1.807) is 0 Å². The highest BCUT2D eigenvalue weighted by Gasteiger charge is 2.42. The van der Waals surface area contributed by atoms with Crippen LogP contribution in [0.15, 0.2) is 12.1 Å². The quantitative estimate of drug-likeness (QED) is 0.869. The fourth-order valence-electron chi connectivity index (χ4n) is 3.07. The zero-order valence-electron chi connectivity index (χ0n) is 10.9. The van der Waals surface area contributed by atoms with Gasteiger partial charge in [-0.05, 0) is 49.4 Å². The molecule has 1 fully saturated rings. The molecule has 0 aromatic heterocycles. The van der Waals surface area contributed by atoms with Crippen LogP contribution in [0.25, 0.3) is 0 Å². The molecule has 3 heteroatoms. The summed E-state index contributed by atoms with van der Waals surface area (Å²) in [6.07, 6.45) is 4.55. The lowest BCUT2D eigenvalue weighted by atomic mass is 9.68. The van der Waals surface area contributed by atoms with Gasteiger partial charge in [0.15, 0.2) is 0 Å². The van der Waals surface area contributed by atoms with Crippen molar-refractivity contribution in [2.24, 2.45) is 0 Å². The van der Waals surface area contributed by atoms with Gasteiger partial charge in [-0.15, -0.1) is 0 Å². The molecule has 0 atom stereocenters. The van der Waals surface area contributed by atoms with Crippen molar-refractivity contribution in [2.45, 2.75) is 51.4 Å². The molecule has 0 amide bonds. The fraction of sp³-hybridized carbons (Fsp3) is 0.533. The zero-order valence-corrected chi connectivity index (χ0v) is 11.7. The van der Waals surface area contributed by atoms with Crippen LogP contribution in [-0.4, -0.2) is 11.1 Å². The van der Waals surface area contributed by atoms with Crippen LogP contribution in [0.2, 0.25) is 5.02 Å². The summed E-state index contributed by atoms with van der Waals surface area (Å²) in [5.41, 5.74) is 2.15. The van der Waals surface area contributed by atoms with Gasteiger partial charge in [-0.1, -0.05) is 36.9 Å². The predicted octanol–water partition coefficient (Wildman–Crippen LogP) is 4.24. The van der Waals surface area contributed by atoms with Crippen LogP contribution in [0.3, 0.4) is 0 Å². The lowest BCUT2D eigenvalue weighted by Crippen LogP contribution is -2.38. The first kappa shape index (κ1) is 13.4. The number of aliphatic carboxylic acids is 1. The van der Waals surface area contributed by atoms with Gasteiger partial charge >= 0.3 is 5.97 Å². The first-order valence-corrected chi connectivity index (χ1v) is 6.86. The minimum Gasteiger partial charge on any atom is -0.481 e. The Morgan fingerprint density at radius 2 is 1.83 bits per heavy atom. The molecule has 1 aliphatic rings. The van der Waals surface area contributed by atoms with Crippen LogP contribution in [0.1, 0.15) is 48.8 Å². The van der Waals surface area contributed by atoms with Crippen LogP contribution in [0.5, 0.6) is 0 Å². The Kier molecular flexibility index (Phi) is 3.67. The van der Waals surface area contributed by atoms with Crippen LogP contribution in [-0.2, 0) is 10.2 Å². The highest BCUT2D eigenvalue weighted by atomic mass is 35.5. The highest BCUT2D eigenvalue weighted by Crippen LogP contribution is 2.42. The van der Waals surface area contributed by atoms with Crippen molar-refractivity contribution in [1.29, 1.82) is 0 Å². The zero-order chi connectivity index (χ0) is 13.3. The maximum Gasteiger partial charge on any atom is 0.314 e. The van der Waals surface area contributed by atoms with E-state index in [2.05, 4.69) is 0 Å². The van der Waals surface area contributed by atoms with Gasteiger partial charge < -0.3 is 5.11 Å². The molecule has 0 aliphatic heterocycles. The van der Waals surface area contributed by atoms with Crippen molar-refractivity contribution in [2.75, 3.05) is 0 Å². The van der Waals surface area contributed by atoms with E-state index in [1.165, 1.54) is 0 Å². The Hall–Kier alpha value is -1.02. The molecule has 1 aromatic rings. The second kappa shape index (κ2) is 4.93. The molecule has 1 saturated carbocycles. The summed E-state index contributed by atoms with van der Waals surface area (Å²) in [6, 6.07) is 3.90. The van der Waals surface area contributed by atoms with Crippen molar-refractivity contribution >= 4 is 17.6 Å². The van der Waals surface area contributed by atoms with E-state index in [0.717, 1.165) is 48.8 Å². The lowest BCUT2D eigenvalue weighted by molar-refractivity contribution is -0.145. The molecule has 0 bridgehead atoms. The second-order valence-corrected chi connectivity index (χ2v) is 5.77. The molecule has 1 N–H and O–H groups in total. The van der Waals surface area contributed by atoms with Crippen molar-refractivity contribution in [3.8, 4) is 0 Å². The van der Waals surface area contributed by atoms with E-state index >= 15 is 0 Å². The normalized spacial score (nSPS) is 18.6. The number of carboxylic acids is 1. The van der Waals surface area contributed by atoms with Gasteiger partial charge in [0.05, 0.1) is 5.41 Å². The standard InChI is InChI=1S/C15H19ClO2/c1-10-8-12(11(2)13(16)9-10)15(14(17)18)6-4-3-5-7-15/h8-9H,3-7H2,1-2H3,(H,17,18). The smallest absolute Gasteiger partial charge is 0.314 e. The molecule has 0 spiro atoms.